The van der Waals surface area contributed by atoms with Crippen LogP contribution in [0.25, 0.3) is 0 Å². The molecule has 0 aromatic rings. The average molecular weight is 337 g/mol. The molecule has 1 rings (SSSR count). The number of carboxylic acid groups (broad SMARTS) is 1. The highest BCUT2D eigenvalue weighted by molar-refractivity contribution is 5.58. The van der Waals surface area contributed by atoms with Crippen LogP contribution in [0.1, 0.15) is 67.2 Å². The summed E-state index contributed by atoms with van der Waals surface area (Å²) in [4.78, 5) is 11.3. The van der Waals surface area contributed by atoms with Crippen molar-refractivity contribution in [2.24, 2.45) is 29.6 Å². The van der Waals surface area contributed by atoms with Crippen molar-refractivity contribution in [3.63, 3.8) is 0 Å². The molecule has 5 unspecified atom stereocenters. The minimum absolute atomic E-state index is 0.121. The lowest BCUT2D eigenvalue weighted by Gasteiger charge is -2.46. The van der Waals surface area contributed by atoms with Crippen LogP contribution in [-0.4, -0.2) is 16.9 Å². The monoisotopic (exact) mass is 336 g/mol. The van der Waals surface area contributed by atoms with Crippen LogP contribution < -0.4 is 0 Å². The third kappa shape index (κ3) is 5.39. The summed E-state index contributed by atoms with van der Waals surface area (Å²) in [5.74, 6) is 2.45. The summed E-state index contributed by atoms with van der Waals surface area (Å²) in [6.45, 7) is 16.8. The summed E-state index contributed by atoms with van der Waals surface area (Å²) in [6, 6.07) is 0. The maximum Gasteiger partial charge on any atom is 0.506 e. The number of carbonyl (C=O) groups is 1. The highest BCUT2D eigenvalue weighted by Gasteiger charge is 2.45. The van der Waals surface area contributed by atoms with Crippen molar-refractivity contribution >= 4 is 6.16 Å². The molecule has 0 radical (unpaired) electrons. The molecule has 1 saturated carbocycles. The van der Waals surface area contributed by atoms with Crippen molar-refractivity contribution in [3.8, 4) is 0 Å². The van der Waals surface area contributed by atoms with Gasteiger partial charge in [-0.2, -0.15) is 0 Å². The van der Waals surface area contributed by atoms with Crippen molar-refractivity contribution in [3.05, 3.63) is 24.3 Å². The number of ether oxygens (including phenoxy) is 1. The molecule has 1 fully saturated rings. The zero-order valence-electron chi connectivity index (χ0n) is 16.3. The van der Waals surface area contributed by atoms with E-state index in [1.807, 2.05) is 6.92 Å². The van der Waals surface area contributed by atoms with Crippen LogP contribution in [-0.2, 0) is 4.74 Å². The van der Waals surface area contributed by atoms with Gasteiger partial charge in [0.05, 0.1) is 0 Å². The SMILES string of the molecule is C=CC(C)(OC(=O)O)C(CC=C(C)C)C1CC(C)CCC1C(C)C. The summed E-state index contributed by atoms with van der Waals surface area (Å²) in [6.07, 6.45) is 7.14. The van der Waals surface area contributed by atoms with E-state index < -0.39 is 11.8 Å². The van der Waals surface area contributed by atoms with E-state index in [2.05, 4.69) is 47.3 Å². The predicted octanol–water partition coefficient (Wildman–Crippen LogP) is 6.31. The second-order valence-corrected chi connectivity index (χ2v) is 8.37. The predicted molar refractivity (Wildman–Crippen MR) is 100 cm³/mol. The summed E-state index contributed by atoms with van der Waals surface area (Å²) in [7, 11) is 0. The molecule has 1 aliphatic rings. The van der Waals surface area contributed by atoms with Gasteiger partial charge in [-0.05, 0) is 69.8 Å². The third-order valence-electron chi connectivity index (χ3n) is 5.82. The van der Waals surface area contributed by atoms with Gasteiger partial charge in [0.2, 0.25) is 0 Å². The van der Waals surface area contributed by atoms with Gasteiger partial charge in [-0.3, -0.25) is 0 Å². The fourth-order valence-electron chi connectivity index (χ4n) is 4.39. The molecule has 0 amide bonds. The van der Waals surface area contributed by atoms with Gasteiger partial charge >= 0.3 is 6.16 Å². The summed E-state index contributed by atoms with van der Waals surface area (Å²) < 4.78 is 5.37. The quantitative estimate of drug-likeness (QED) is 0.438. The Morgan fingerprint density at radius 1 is 1.33 bits per heavy atom. The highest BCUT2D eigenvalue weighted by atomic mass is 16.7. The number of rotatable bonds is 7. The van der Waals surface area contributed by atoms with Crippen molar-refractivity contribution in [2.75, 3.05) is 0 Å². The molecule has 138 valence electrons. The Balaban J connectivity index is 3.24. The lowest BCUT2D eigenvalue weighted by atomic mass is 9.61. The van der Waals surface area contributed by atoms with Gasteiger partial charge in [-0.1, -0.05) is 45.4 Å². The average Bonchev–Trinajstić information content (AvgIpc) is 2.46. The lowest BCUT2D eigenvalue weighted by molar-refractivity contribution is -0.0542. The van der Waals surface area contributed by atoms with Crippen molar-refractivity contribution < 1.29 is 14.6 Å². The first-order chi connectivity index (χ1) is 11.1. The Morgan fingerprint density at radius 3 is 2.42 bits per heavy atom. The number of hydrogen-bond acceptors (Lipinski definition) is 2. The second kappa shape index (κ2) is 8.73. The number of allylic oxidation sites excluding steroid dienone is 2. The Kier molecular flexibility index (Phi) is 7.56. The Bertz CT molecular complexity index is 462. The van der Waals surface area contributed by atoms with Crippen molar-refractivity contribution in [1.82, 2.24) is 0 Å². The molecule has 24 heavy (non-hydrogen) atoms. The summed E-state index contributed by atoms with van der Waals surface area (Å²) in [5, 5.41) is 9.25. The van der Waals surface area contributed by atoms with Gasteiger partial charge in [0, 0.05) is 5.92 Å². The molecule has 0 saturated heterocycles. The maximum absolute atomic E-state index is 11.3. The molecule has 0 aliphatic heterocycles. The molecule has 3 nitrogen and oxygen atoms in total. The third-order valence-corrected chi connectivity index (χ3v) is 5.82. The zero-order valence-corrected chi connectivity index (χ0v) is 16.3. The van der Waals surface area contributed by atoms with Crippen molar-refractivity contribution in [2.45, 2.75) is 72.8 Å². The first-order valence-corrected chi connectivity index (χ1v) is 9.29. The van der Waals surface area contributed by atoms with Gasteiger partial charge in [0.25, 0.3) is 0 Å². The molecular weight excluding hydrogens is 300 g/mol. The largest absolute Gasteiger partial charge is 0.506 e. The van der Waals surface area contributed by atoms with Crippen molar-refractivity contribution in [1.29, 1.82) is 0 Å². The topological polar surface area (TPSA) is 46.5 Å². The molecule has 0 bridgehead atoms. The van der Waals surface area contributed by atoms with E-state index >= 15 is 0 Å². The molecule has 1 aliphatic carbocycles. The van der Waals surface area contributed by atoms with Crippen LogP contribution in [0.2, 0.25) is 0 Å². The molecule has 0 heterocycles. The van der Waals surface area contributed by atoms with Gasteiger partial charge in [0.15, 0.2) is 0 Å². The van der Waals surface area contributed by atoms with Gasteiger partial charge in [-0.15, -0.1) is 0 Å². The Hall–Kier alpha value is -1.25. The van der Waals surface area contributed by atoms with Crippen LogP contribution in [0.3, 0.4) is 0 Å². The first kappa shape index (κ1) is 20.8. The van der Waals surface area contributed by atoms with Crippen LogP contribution in [0.4, 0.5) is 4.79 Å². The molecule has 0 aromatic carbocycles. The van der Waals surface area contributed by atoms with E-state index in [0.29, 0.717) is 23.7 Å². The summed E-state index contributed by atoms with van der Waals surface area (Å²) >= 11 is 0. The molecule has 3 heteroatoms. The maximum atomic E-state index is 11.3. The normalized spacial score (nSPS) is 27.9. The van der Waals surface area contributed by atoms with E-state index in [0.717, 1.165) is 12.8 Å². The fourth-order valence-corrected chi connectivity index (χ4v) is 4.39. The van der Waals surface area contributed by atoms with Gasteiger partial charge in [0.1, 0.15) is 5.60 Å². The summed E-state index contributed by atoms with van der Waals surface area (Å²) in [5.41, 5.74) is 0.402. The van der Waals surface area contributed by atoms with Crippen LogP contribution in [0.15, 0.2) is 24.3 Å². The lowest BCUT2D eigenvalue weighted by Crippen LogP contribution is -2.46. The molecule has 0 aromatic heterocycles. The molecular formula is C21H36O3. The Morgan fingerprint density at radius 2 is 1.96 bits per heavy atom. The first-order valence-electron chi connectivity index (χ1n) is 9.29. The van der Waals surface area contributed by atoms with Crippen LogP contribution >= 0.6 is 0 Å². The minimum Gasteiger partial charge on any atom is -0.450 e. The zero-order chi connectivity index (χ0) is 18.5. The smallest absolute Gasteiger partial charge is 0.450 e. The fraction of sp³-hybridized carbons (Fsp3) is 0.762. The standard InChI is InChI=1S/C21H36O3/c1-8-21(7,24-20(22)23)19(12-9-14(2)3)18-13-16(6)10-11-17(18)15(4)5/h8-9,15-19H,1,10-13H2,2-7H3,(H,22,23). The van der Waals surface area contributed by atoms with E-state index in [4.69, 9.17) is 4.74 Å². The van der Waals surface area contributed by atoms with E-state index in [9.17, 15) is 9.90 Å². The minimum atomic E-state index is -1.22. The van der Waals surface area contributed by atoms with E-state index in [1.165, 1.54) is 18.4 Å². The van der Waals surface area contributed by atoms with Gasteiger partial charge in [-0.25, -0.2) is 4.79 Å². The van der Waals surface area contributed by atoms with Crippen LogP contribution in [0.5, 0.6) is 0 Å². The van der Waals surface area contributed by atoms with E-state index in [-0.39, 0.29) is 5.92 Å². The Labute approximate surface area is 148 Å². The number of hydrogen-bond donors (Lipinski definition) is 1. The molecule has 5 atom stereocenters. The second-order valence-electron chi connectivity index (χ2n) is 8.37. The molecule has 1 N–H and O–H groups in total. The molecule has 0 spiro atoms. The van der Waals surface area contributed by atoms with E-state index in [1.54, 1.807) is 6.08 Å². The van der Waals surface area contributed by atoms with Gasteiger partial charge < -0.3 is 9.84 Å². The highest BCUT2D eigenvalue weighted by Crippen LogP contribution is 2.47. The van der Waals surface area contributed by atoms with Crippen LogP contribution in [0, 0.1) is 29.6 Å².